The monoisotopic (exact) mass is 294 g/mol. The summed E-state index contributed by atoms with van der Waals surface area (Å²) in [6.45, 7) is 8.27. The molecular weight excluding hydrogens is 268 g/mol. The molecule has 1 aromatic heterocycles. The van der Waals surface area contributed by atoms with Gasteiger partial charge in [-0.25, -0.2) is 0 Å². The Balaban J connectivity index is 2.17. The van der Waals surface area contributed by atoms with E-state index in [9.17, 15) is 4.79 Å². The third-order valence-electron chi connectivity index (χ3n) is 4.05. The van der Waals surface area contributed by atoms with Crippen LogP contribution in [0.25, 0.3) is 0 Å². The van der Waals surface area contributed by atoms with Gasteiger partial charge in [-0.05, 0) is 20.9 Å². The summed E-state index contributed by atoms with van der Waals surface area (Å²) < 4.78 is 6.97. The van der Waals surface area contributed by atoms with E-state index >= 15 is 0 Å². The molecule has 1 unspecified atom stereocenters. The van der Waals surface area contributed by atoms with Gasteiger partial charge in [0.1, 0.15) is 0 Å². The summed E-state index contributed by atoms with van der Waals surface area (Å²) in [4.78, 5) is 16.7. The molecule has 1 atom stereocenters. The summed E-state index contributed by atoms with van der Waals surface area (Å²) >= 11 is 0. The predicted octanol–water partition coefficient (Wildman–Crippen LogP) is 0.970. The standard InChI is InChI=1S/C15H26N4O2/c1-5-21-15(20)10-14(13-11-18(4)16-12(13)2)19-8-6-17(3)7-9-19/h11,14H,5-10H2,1-4H3. The molecule has 0 radical (unpaired) electrons. The summed E-state index contributed by atoms with van der Waals surface area (Å²) in [7, 11) is 4.05. The third-order valence-corrected chi connectivity index (χ3v) is 4.05. The highest BCUT2D eigenvalue weighted by Gasteiger charge is 2.28. The Morgan fingerprint density at radius 3 is 2.52 bits per heavy atom. The van der Waals surface area contributed by atoms with Crippen LogP contribution in [0.2, 0.25) is 0 Å². The Labute approximate surface area is 126 Å². The van der Waals surface area contributed by atoms with Crippen LogP contribution in [-0.2, 0) is 16.6 Å². The molecule has 1 saturated heterocycles. The number of ether oxygens (including phenoxy) is 1. The number of hydrogen-bond donors (Lipinski definition) is 0. The fourth-order valence-corrected chi connectivity index (χ4v) is 2.89. The summed E-state index contributed by atoms with van der Waals surface area (Å²) in [5, 5.41) is 4.42. The van der Waals surface area contributed by atoms with E-state index in [2.05, 4.69) is 21.9 Å². The molecule has 0 bridgehead atoms. The van der Waals surface area contributed by atoms with Crippen LogP contribution < -0.4 is 0 Å². The Morgan fingerprint density at radius 1 is 1.33 bits per heavy atom. The first-order valence-electron chi connectivity index (χ1n) is 7.59. The van der Waals surface area contributed by atoms with Crippen LogP contribution >= 0.6 is 0 Å². The van der Waals surface area contributed by atoms with Crippen molar-refractivity contribution in [3.63, 3.8) is 0 Å². The van der Waals surface area contributed by atoms with Gasteiger partial charge < -0.3 is 9.64 Å². The number of carbonyl (C=O) groups is 1. The fraction of sp³-hybridized carbons (Fsp3) is 0.733. The van der Waals surface area contributed by atoms with Gasteiger partial charge >= 0.3 is 5.97 Å². The first-order chi connectivity index (χ1) is 10.0. The molecule has 6 nitrogen and oxygen atoms in total. The van der Waals surface area contributed by atoms with Gasteiger partial charge in [0.15, 0.2) is 0 Å². The van der Waals surface area contributed by atoms with Crippen molar-refractivity contribution >= 4 is 5.97 Å². The molecule has 1 aliphatic heterocycles. The van der Waals surface area contributed by atoms with E-state index in [1.54, 1.807) is 0 Å². The molecule has 118 valence electrons. The zero-order valence-corrected chi connectivity index (χ0v) is 13.5. The minimum Gasteiger partial charge on any atom is -0.466 e. The van der Waals surface area contributed by atoms with Crippen molar-refractivity contribution < 1.29 is 9.53 Å². The normalized spacial score (nSPS) is 18.7. The van der Waals surface area contributed by atoms with Gasteiger partial charge in [0.05, 0.1) is 18.7 Å². The minimum absolute atomic E-state index is 0.0615. The van der Waals surface area contributed by atoms with Crippen molar-refractivity contribution in [2.24, 2.45) is 7.05 Å². The molecule has 1 aliphatic rings. The van der Waals surface area contributed by atoms with Crippen molar-refractivity contribution in [3.8, 4) is 0 Å². The molecule has 0 saturated carbocycles. The largest absolute Gasteiger partial charge is 0.466 e. The first-order valence-corrected chi connectivity index (χ1v) is 7.59. The zero-order chi connectivity index (χ0) is 15.4. The molecule has 0 amide bonds. The number of likely N-dealkylation sites (N-methyl/N-ethyl adjacent to an activating group) is 1. The summed E-state index contributed by atoms with van der Waals surface area (Å²) in [6.07, 6.45) is 2.42. The van der Waals surface area contributed by atoms with E-state index in [1.807, 2.05) is 31.8 Å². The van der Waals surface area contributed by atoms with Crippen molar-refractivity contribution in [2.45, 2.75) is 26.3 Å². The van der Waals surface area contributed by atoms with E-state index in [0.717, 1.165) is 37.4 Å². The molecule has 1 fully saturated rings. The smallest absolute Gasteiger partial charge is 0.307 e. The maximum absolute atomic E-state index is 12.0. The van der Waals surface area contributed by atoms with Crippen molar-refractivity contribution in [1.29, 1.82) is 0 Å². The summed E-state index contributed by atoms with van der Waals surface area (Å²) in [6, 6.07) is 0.0615. The number of aryl methyl sites for hydroxylation is 2. The first kappa shape index (κ1) is 16.0. The number of hydrogen-bond acceptors (Lipinski definition) is 5. The topological polar surface area (TPSA) is 50.6 Å². The average Bonchev–Trinajstić information content (AvgIpc) is 2.76. The lowest BCUT2D eigenvalue weighted by Gasteiger charge is -2.37. The van der Waals surface area contributed by atoms with E-state index in [0.29, 0.717) is 13.0 Å². The molecular formula is C15H26N4O2. The van der Waals surface area contributed by atoms with Crippen LogP contribution in [0.15, 0.2) is 6.20 Å². The highest BCUT2D eigenvalue weighted by Crippen LogP contribution is 2.28. The second-order valence-corrected chi connectivity index (χ2v) is 5.71. The third kappa shape index (κ3) is 4.04. The number of esters is 1. The van der Waals surface area contributed by atoms with E-state index in [1.165, 1.54) is 0 Å². The van der Waals surface area contributed by atoms with Crippen LogP contribution in [0.5, 0.6) is 0 Å². The lowest BCUT2D eigenvalue weighted by Crippen LogP contribution is -2.46. The van der Waals surface area contributed by atoms with Gasteiger partial charge in [0.2, 0.25) is 0 Å². The predicted molar refractivity (Wildman–Crippen MR) is 81.0 cm³/mol. The van der Waals surface area contributed by atoms with Gasteiger partial charge in [-0.1, -0.05) is 0 Å². The minimum atomic E-state index is -0.135. The quantitative estimate of drug-likeness (QED) is 0.758. The second kappa shape index (κ2) is 7.04. The van der Waals surface area contributed by atoms with Crippen molar-refractivity contribution in [1.82, 2.24) is 19.6 Å². The highest BCUT2D eigenvalue weighted by molar-refractivity contribution is 5.70. The average molecular weight is 294 g/mol. The van der Waals surface area contributed by atoms with Crippen LogP contribution in [0, 0.1) is 6.92 Å². The van der Waals surface area contributed by atoms with E-state index < -0.39 is 0 Å². The number of aromatic nitrogens is 2. The highest BCUT2D eigenvalue weighted by atomic mass is 16.5. The van der Waals surface area contributed by atoms with Gasteiger partial charge in [-0.2, -0.15) is 5.10 Å². The lowest BCUT2D eigenvalue weighted by atomic mass is 10.0. The summed E-state index contributed by atoms with van der Waals surface area (Å²) in [5.41, 5.74) is 2.13. The maximum atomic E-state index is 12.0. The van der Waals surface area contributed by atoms with E-state index in [4.69, 9.17) is 4.74 Å². The van der Waals surface area contributed by atoms with Gasteiger partial charge in [-0.3, -0.25) is 14.4 Å². The molecule has 6 heteroatoms. The van der Waals surface area contributed by atoms with E-state index in [-0.39, 0.29) is 12.0 Å². The number of nitrogens with zero attached hydrogens (tertiary/aromatic N) is 4. The van der Waals surface area contributed by atoms with Crippen LogP contribution in [-0.4, -0.2) is 65.4 Å². The molecule has 2 rings (SSSR count). The molecule has 0 spiro atoms. The fourth-order valence-electron chi connectivity index (χ4n) is 2.89. The van der Waals surface area contributed by atoms with Crippen LogP contribution in [0.4, 0.5) is 0 Å². The van der Waals surface area contributed by atoms with Crippen molar-refractivity contribution in [3.05, 3.63) is 17.5 Å². The molecule has 0 aliphatic carbocycles. The number of piperazine rings is 1. The summed E-state index contributed by atoms with van der Waals surface area (Å²) in [5.74, 6) is -0.135. The molecule has 2 heterocycles. The number of carbonyl (C=O) groups excluding carboxylic acids is 1. The van der Waals surface area contributed by atoms with Gasteiger partial charge in [-0.15, -0.1) is 0 Å². The molecule has 21 heavy (non-hydrogen) atoms. The second-order valence-electron chi connectivity index (χ2n) is 5.71. The maximum Gasteiger partial charge on any atom is 0.307 e. The van der Waals surface area contributed by atoms with Crippen molar-refractivity contribution in [2.75, 3.05) is 39.8 Å². The van der Waals surface area contributed by atoms with Crippen LogP contribution in [0.3, 0.4) is 0 Å². The lowest BCUT2D eigenvalue weighted by molar-refractivity contribution is -0.144. The zero-order valence-electron chi connectivity index (χ0n) is 13.5. The molecule has 0 N–H and O–H groups in total. The Bertz CT molecular complexity index is 478. The van der Waals surface area contributed by atoms with Gasteiger partial charge in [0, 0.05) is 51.0 Å². The van der Waals surface area contributed by atoms with Gasteiger partial charge in [0.25, 0.3) is 0 Å². The molecule has 1 aromatic rings. The Kier molecular flexibility index (Phi) is 5.36. The Hall–Kier alpha value is -1.40. The molecule has 0 aromatic carbocycles. The number of rotatable bonds is 5. The Morgan fingerprint density at radius 2 is 2.00 bits per heavy atom. The van der Waals surface area contributed by atoms with Crippen LogP contribution in [0.1, 0.15) is 30.6 Å². The SMILES string of the molecule is CCOC(=O)CC(c1cn(C)nc1C)N1CCN(C)CC1.